The van der Waals surface area contributed by atoms with Crippen molar-refractivity contribution in [3.05, 3.63) is 168 Å². The van der Waals surface area contributed by atoms with Crippen molar-refractivity contribution in [2.75, 3.05) is 34.8 Å². The Balaban J connectivity index is 0.000000191. The highest BCUT2D eigenvalue weighted by Gasteiger charge is 2.24. The number of carbonyl (C=O) groups excluding carboxylic acids is 1. The highest BCUT2D eigenvalue weighted by Crippen LogP contribution is 2.39. The van der Waals surface area contributed by atoms with E-state index in [1.54, 1.807) is 56.6 Å². The molecular weight excluding hydrogens is 833 g/mol. The number of aromatic nitrogens is 2. The van der Waals surface area contributed by atoms with E-state index in [-0.39, 0.29) is 22.2 Å². The zero-order valence-electron chi connectivity index (χ0n) is 35.7. The van der Waals surface area contributed by atoms with Gasteiger partial charge in [0.25, 0.3) is 5.91 Å². The number of aromatic carboxylic acids is 2. The first kappa shape index (κ1) is 44.4. The van der Waals surface area contributed by atoms with Crippen LogP contribution in [-0.4, -0.2) is 90.4 Å². The number of nitrogens with one attached hydrogen (secondary N) is 2. The Morgan fingerprint density at radius 3 is 1.69 bits per heavy atom. The van der Waals surface area contributed by atoms with Gasteiger partial charge < -0.3 is 34.6 Å². The standard InChI is InChI=1S/C26H24N2O4.C24H22N2O5S/c1-28(2)25(29)19-13-11-17(12-14-19)22-21-10-6-7-18(23(21)27-24(22)26(30)31)15-16-32-20-8-4-3-5-9-20;1-15-20(31-17-7-5-4-6-8-17)14-13-19-21(23(24(27)28)25-22(15)19)16-9-11-18(12-10-16)32(29,30)26(2)3/h3-14,27H,15-16H2,1-2H3,(H,30,31);4-14,25H,1-3H3,(H,27,28). The lowest BCUT2D eigenvalue weighted by Gasteiger charge is -2.12. The van der Waals surface area contributed by atoms with Crippen LogP contribution in [0.2, 0.25) is 0 Å². The number of nitrogens with zero attached hydrogens (tertiary/aromatic N) is 2. The second-order valence-electron chi connectivity index (χ2n) is 15.2. The van der Waals surface area contributed by atoms with Crippen LogP contribution in [0.25, 0.3) is 44.1 Å². The topological polar surface area (TPSA) is 182 Å². The molecule has 64 heavy (non-hydrogen) atoms. The molecule has 0 aliphatic carbocycles. The number of H-pyrrole nitrogens is 2. The molecule has 0 aliphatic rings. The summed E-state index contributed by atoms with van der Waals surface area (Å²) in [6.45, 7) is 2.33. The number of amides is 1. The van der Waals surface area contributed by atoms with Gasteiger partial charge in [0.1, 0.15) is 28.6 Å². The van der Waals surface area contributed by atoms with Crippen molar-refractivity contribution >= 4 is 49.7 Å². The zero-order valence-corrected chi connectivity index (χ0v) is 36.6. The van der Waals surface area contributed by atoms with Crippen LogP contribution in [0.5, 0.6) is 17.2 Å². The normalized spacial score (nSPS) is 11.3. The Kier molecular flexibility index (Phi) is 13.0. The molecule has 0 atom stereocenters. The maximum Gasteiger partial charge on any atom is 0.352 e. The molecule has 4 N–H and O–H groups in total. The maximum atomic E-state index is 12.4. The predicted molar refractivity (Wildman–Crippen MR) is 247 cm³/mol. The minimum atomic E-state index is -3.58. The van der Waals surface area contributed by atoms with Gasteiger partial charge in [0.2, 0.25) is 10.0 Å². The fourth-order valence-corrected chi connectivity index (χ4v) is 8.26. The fourth-order valence-electron chi connectivity index (χ4n) is 7.35. The Morgan fingerprint density at radius 2 is 1.14 bits per heavy atom. The van der Waals surface area contributed by atoms with Gasteiger partial charge in [-0.05, 0) is 84.3 Å². The van der Waals surface area contributed by atoms with Gasteiger partial charge in [-0.2, -0.15) is 0 Å². The highest BCUT2D eigenvalue weighted by atomic mass is 32.2. The van der Waals surface area contributed by atoms with E-state index in [4.69, 9.17) is 9.47 Å². The first-order valence-electron chi connectivity index (χ1n) is 20.2. The third kappa shape index (κ3) is 9.23. The number of carboxylic acid groups (broad SMARTS) is 2. The van der Waals surface area contributed by atoms with Gasteiger partial charge in [-0.1, -0.05) is 78.9 Å². The summed E-state index contributed by atoms with van der Waals surface area (Å²) in [7, 11) is 2.73. The van der Waals surface area contributed by atoms with Gasteiger partial charge in [-0.25, -0.2) is 22.3 Å². The number of hydrogen-bond donors (Lipinski definition) is 4. The Labute approximate surface area is 370 Å². The minimum absolute atomic E-state index is 0.0307. The number of benzene rings is 6. The van der Waals surface area contributed by atoms with Crippen molar-refractivity contribution in [2.45, 2.75) is 18.2 Å². The van der Waals surface area contributed by atoms with Crippen LogP contribution in [0.3, 0.4) is 0 Å². The molecule has 14 heteroatoms. The predicted octanol–water partition coefficient (Wildman–Crippen LogP) is 9.74. The third-order valence-electron chi connectivity index (χ3n) is 10.6. The van der Waals surface area contributed by atoms with Gasteiger partial charge in [-0.15, -0.1) is 0 Å². The molecule has 0 unspecified atom stereocenters. The monoisotopic (exact) mass is 878 g/mol. The van der Waals surface area contributed by atoms with Crippen molar-refractivity contribution < 1.29 is 42.5 Å². The Hall–Kier alpha value is -7.68. The number of fused-ring (bicyclic) bond motifs is 2. The molecule has 6 aromatic carbocycles. The van der Waals surface area contributed by atoms with E-state index in [0.717, 1.165) is 37.6 Å². The first-order chi connectivity index (χ1) is 30.6. The Morgan fingerprint density at radius 1 is 0.609 bits per heavy atom. The van der Waals surface area contributed by atoms with E-state index >= 15 is 0 Å². The molecule has 0 saturated heterocycles. The molecule has 0 saturated carbocycles. The van der Waals surface area contributed by atoms with Gasteiger partial charge in [0.05, 0.1) is 22.5 Å². The highest BCUT2D eigenvalue weighted by molar-refractivity contribution is 7.89. The van der Waals surface area contributed by atoms with Crippen LogP contribution in [0.1, 0.15) is 42.5 Å². The summed E-state index contributed by atoms with van der Waals surface area (Å²) in [5, 5.41) is 21.2. The molecule has 13 nitrogen and oxygen atoms in total. The van der Waals surface area contributed by atoms with E-state index in [1.807, 2.05) is 91.9 Å². The number of rotatable bonds is 13. The lowest BCUT2D eigenvalue weighted by Crippen LogP contribution is -2.22. The van der Waals surface area contributed by atoms with Gasteiger partial charge >= 0.3 is 11.9 Å². The summed E-state index contributed by atoms with van der Waals surface area (Å²) in [4.78, 5) is 44.0. The molecular formula is C50H46N4O9S. The Bertz CT molecular complexity index is 3090. The molecule has 8 rings (SSSR count). The van der Waals surface area contributed by atoms with Crippen LogP contribution in [0.15, 0.2) is 144 Å². The smallest absolute Gasteiger partial charge is 0.352 e. The lowest BCUT2D eigenvalue weighted by atomic mass is 9.98. The SMILES string of the molecule is CN(C)C(=O)c1ccc(-c2c(C(=O)O)[nH]c3c(CCOc4ccccc4)cccc23)cc1.Cc1c(Oc2ccccc2)ccc2c(-c3ccc(S(=O)(=O)N(C)C)cc3)c(C(=O)O)[nH]c12. The first-order valence-corrected chi connectivity index (χ1v) is 21.6. The second kappa shape index (κ2) is 18.7. The number of aromatic amines is 2. The van der Waals surface area contributed by atoms with E-state index in [9.17, 15) is 33.0 Å². The second-order valence-corrected chi connectivity index (χ2v) is 17.4. The summed E-state index contributed by atoms with van der Waals surface area (Å²) in [5.41, 5.74) is 6.33. The van der Waals surface area contributed by atoms with Crippen LogP contribution >= 0.6 is 0 Å². The van der Waals surface area contributed by atoms with E-state index in [1.165, 1.54) is 31.1 Å². The molecule has 2 aromatic heterocycles. The van der Waals surface area contributed by atoms with Gasteiger partial charge in [-0.3, -0.25) is 4.79 Å². The average molecular weight is 879 g/mol. The molecule has 0 fully saturated rings. The summed E-state index contributed by atoms with van der Waals surface area (Å²) in [5.74, 6) is -0.152. The van der Waals surface area contributed by atoms with Gasteiger partial charge in [0, 0.05) is 67.6 Å². The van der Waals surface area contributed by atoms with Crippen molar-refractivity contribution in [1.82, 2.24) is 19.2 Å². The van der Waals surface area contributed by atoms with Crippen LogP contribution in [-0.2, 0) is 16.4 Å². The summed E-state index contributed by atoms with van der Waals surface area (Å²) < 4.78 is 37.6. The summed E-state index contributed by atoms with van der Waals surface area (Å²) >= 11 is 0. The van der Waals surface area contributed by atoms with Crippen molar-refractivity contribution in [3.63, 3.8) is 0 Å². The number of para-hydroxylation sites is 3. The van der Waals surface area contributed by atoms with Gasteiger partial charge in [0.15, 0.2) is 0 Å². The maximum absolute atomic E-state index is 12.4. The molecule has 2 heterocycles. The fraction of sp³-hybridized carbons (Fsp3) is 0.140. The zero-order chi connectivity index (χ0) is 45.7. The summed E-state index contributed by atoms with van der Waals surface area (Å²) in [6, 6.07) is 41.6. The number of sulfonamides is 1. The van der Waals surface area contributed by atoms with Crippen molar-refractivity contribution in [3.8, 4) is 39.5 Å². The molecule has 0 aliphatic heterocycles. The minimum Gasteiger partial charge on any atom is -0.493 e. The average Bonchev–Trinajstić information content (AvgIpc) is 3.89. The largest absolute Gasteiger partial charge is 0.493 e. The number of aryl methyl sites for hydroxylation is 1. The van der Waals surface area contributed by atoms with Crippen LogP contribution in [0.4, 0.5) is 0 Å². The molecule has 326 valence electrons. The van der Waals surface area contributed by atoms with Crippen molar-refractivity contribution in [1.29, 1.82) is 0 Å². The molecule has 1 amide bonds. The van der Waals surface area contributed by atoms with Crippen LogP contribution in [0, 0.1) is 6.92 Å². The lowest BCUT2D eigenvalue weighted by molar-refractivity contribution is 0.0681. The summed E-state index contributed by atoms with van der Waals surface area (Å²) in [6.07, 6.45) is 0.627. The number of ether oxygens (including phenoxy) is 2. The molecule has 8 aromatic rings. The van der Waals surface area contributed by atoms with E-state index < -0.39 is 22.0 Å². The van der Waals surface area contributed by atoms with Crippen molar-refractivity contribution in [2.24, 2.45) is 0 Å². The third-order valence-corrected chi connectivity index (χ3v) is 12.5. The molecule has 0 spiro atoms. The van der Waals surface area contributed by atoms with E-state index in [0.29, 0.717) is 57.7 Å². The quantitative estimate of drug-likeness (QED) is 0.0876. The van der Waals surface area contributed by atoms with E-state index in [2.05, 4.69) is 9.97 Å². The number of hydrogen-bond acceptors (Lipinski definition) is 7. The van der Waals surface area contributed by atoms with Crippen LogP contribution < -0.4 is 9.47 Å². The molecule has 0 bridgehead atoms. The number of carboxylic acids is 2. The number of carbonyl (C=O) groups is 3. The molecule has 0 radical (unpaired) electrons.